The van der Waals surface area contributed by atoms with Gasteiger partial charge in [0.05, 0.1) is 6.20 Å². The predicted molar refractivity (Wildman–Crippen MR) is 158 cm³/mol. The van der Waals surface area contributed by atoms with Crippen LogP contribution >= 0.6 is 0 Å². The summed E-state index contributed by atoms with van der Waals surface area (Å²) in [5.41, 5.74) is 6.04. The fraction of sp³-hybridized carbons (Fsp3) is 0.485. The van der Waals surface area contributed by atoms with Gasteiger partial charge in [0.25, 0.3) is 5.91 Å². The van der Waals surface area contributed by atoms with Gasteiger partial charge in [-0.05, 0) is 93.3 Å². The Labute approximate surface area is 237 Å². The average molecular weight is 540 g/mol. The molecular formula is C33H41N5O2. The molecule has 7 nitrogen and oxygen atoms in total. The number of aromatic nitrogens is 2. The number of rotatable bonds is 6. The maximum atomic E-state index is 13.4. The van der Waals surface area contributed by atoms with E-state index in [4.69, 9.17) is 0 Å². The summed E-state index contributed by atoms with van der Waals surface area (Å²) in [7, 11) is 1.93. The van der Waals surface area contributed by atoms with Crippen LogP contribution in [0.3, 0.4) is 0 Å². The minimum Gasteiger partial charge on any atom is -0.339 e. The molecule has 3 heterocycles. The lowest BCUT2D eigenvalue weighted by Crippen LogP contribution is -2.46. The van der Waals surface area contributed by atoms with Gasteiger partial charge in [0.15, 0.2) is 0 Å². The lowest BCUT2D eigenvalue weighted by atomic mass is 9.87. The Bertz CT molecular complexity index is 1340. The van der Waals surface area contributed by atoms with E-state index in [9.17, 15) is 9.59 Å². The first-order valence-electron chi connectivity index (χ1n) is 15.0. The zero-order chi connectivity index (χ0) is 27.6. The Balaban J connectivity index is 1.03. The lowest BCUT2D eigenvalue weighted by Gasteiger charge is -2.41. The van der Waals surface area contributed by atoms with Gasteiger partial charge in [0, 0.05) is 55.1 Å². The summed E-state index contributed by atoms with van der Waals surface area (Å²) >= 11 is 0. The monoisotopic (exact) mass is 539 g/mol. The summed E-state index contributed by atoms with van der Waals surface area (Å²) in [6.07, 6.45) is 11.6. The SMILES string of the molecule is Cc1ccc(C(=O)N2CCC(c3ccc(-c4cnn(C)c4)cc3)CC2)cc1NC(=O)C1CCN(C2CCC2)CC1. The van der Waals surface area contributed by atoms with E-state index in [1.54, 1.807) is 0 Å². The molecule has 0 bridgehead atoms. The number of hydrogen-bond acceptors (Lipinski definition) is 4. The third-order valence-electron chi connectivity index (χ3n) is 9.44. The molecule has 6 rings (SSSR count). The zero-order valence-electron chi connectivity index (χ0n) is 23.8. The maximum Gasteiger partial charge on any atom is 0.253 e. The molecule has 3 fully saturated rings. The summed E-state index contributed by atoms with van der Waals surface area (Å²) in [5.74, 6) is 0.647. The molecule has 2 amide bonds. The first kappa shape index (κ1) is 26.8. The van der Waals surface area contributed by atoms with Crippen molar-refractivity contribution in [1.29, 1.82) is 0 Å². The van der Waals surface area contributed by atoms with Gasteiger partial charge in [-0.3, -0.25) is 14.3 Å². The van der Waals surface area contributed by atoms with Crippen molar-refractivity contribution in [2.24, 2.45) is 13.0 Å². The highest BCUT2D eigenvalue weighted by molar-refractivity contribution is 5.98. The number of nitrogens with one attached hydrogen (secondary N) is 1. The molecule has 2 aliphatic heterocycles. The topological polar surface area (TPSA) is 70.5 Å². The third-order valence-corrected chi connectivity index (χ3v) is 9.44. The highest BCUT2D eigenvalue weighted by Gasteiger charge is 2.31. The fourth-order valence-electron chi connectivity index (χ4n) is 6.52. The molecule has 7 heteroatoms. The Morgan fingerprint density at radius 2 is 1.60 bits per heavy atom. The van der Waals surface area contributed by atoms with Gasteiger partial charge in [0.2, 0.25) is 5.91 Å². The maximum absolute atomic E-state index is 13.4. The van der Waals surface area contributed by atoms with Gasteiger partial charge >= 0.3 is 0 Å². The van der Waals surface area contributed by atoms with Gasteiger partial charge in [-0.1, -0.05) is 36.8 Å². The van der Waals surface area contributed by atoms with Crippen LogP contribution in [-0.4, -0.2) is 63.6 Å². The summed E-state index contributed by atoms with van der Waals surface area (Å²) < 4.78 is 1.82. The van der Waals surface area contributed by atoms with Gasteiger partial charge in [-0.15, -0.1) is 0 Å². The van der Waals surface area contributed by atoms with Crippen LogP contribution in [0.25, 0.3) is 11.1 Å². The second kappa shape index (κ2) is 11.6. The third kappa shape index (κ3) is 5.71. The van der Waals surface area contributed by atoms with E-state index in [1.807, 2.05) is 54.1 Å². The average Bonchev–Trinajstić information content (AvgIpc) is 3.39. The number of carbonyl (C=O) groups is 2. The minimum atomic E-state index is 0.0486. The van der Waals surface area contributed by atoms with E-state index in [0.717, 1.165) is 74.7 Å². The van der Waals surface area contributed by atoms with Crippen LogP contribution in [0.4, 0.5) is 5.69 Å². The van der Waals surface area contributed by atoms with Crippen molar-refractivity contribution in [3.63, 3.8) is 0 Å². The summed E-state index contributed by atoms with van der Waals surface area (Å²) in [6.45, 7) is 5.51. The van der Waals surface area contributed by atoms with E-state index < -0.39 is 0 Å². The molecule has 3 aromatic rings. The number of hydrogen-bond donors (Lipinski definition) is 1. The second-order valence-corrected chi connectivity index (χ2v) is 12.0. The van der Waals surface area contributed by atoms with E-state index in [0.29, 0.717) is 11.5 Å². The molecule has 210 valence electrons. The summed E-state index contributed by atoms with van der Waals surface area (Å²) in [6, 6.07) is 15.3. The highest BCUT2D eigenvalue weighted by atomic mass is 16.2. The Kier molecular flexibility index (Phi) is 7.74. The van der Waals surface area contributed by atoms with Crippen molar-refractivity contribution in [1.82, 2.24) is 19.6 Å². The summed E-state index contributed by atoms with van der Waals surface area (Å²) in [4.78, 5) is 31.1. The molecule has 40 heavy (non-hydrogen) atoms. The molecular weight excluding hydrogens is 498 g/mol. The quantitative estimate of drug-likeness (QED) is 0.442. The van der Waals surface area contributed by atoms with Crippen molar-refractivity contribution >= 4 is 17.5 Å². The molecule has 3 aliphatic rings. The van der Waals surface area contributed by atoms with Gasteiger partial charge in [-0.25, -0.2) is 0 Å². The molecule has 0 unspecified atom stereocenters. The van der Waals surface area contributed by atoms with Crippen LogP contribution in [-0.2, 0) is 11.8 Å². The van der Waals surface area contributed by atoms with Crippen molar-refractivity contribution in [2.75, 3.05) is 31.5 Å². The van der Waals surface area contributed by atoms with Crippen LogP contribution in [0, 0.1) is 12.8 Å². The number of benzene rings is 2. The van der Waals surface area contributed by atoms with Gasteiger partial charge < -0.3 is 15.1 Å². The number of carbonyl (C=O) groups excluding carboxylic acids is 2. The fourth-order valence-corrected chi connectivity index (χ4v) is 6.52. The largest absolute Gasteiger partial charge is 0.339 e. The van der Waals surface area contributed by atoms with E-state index in [2.05, 4.69) is 39.6 Å². The molecule has 0 atom stereocenters. The smallest absolute Gasteiger partial charge is 0.253 e. The molecule has 0 spiro atoms. The Morgan fingerprint density at radius 1 is 0.875 bits per heavy atom. The second-order valence-electron chi connectivity index (χ2n) is 12.0. The zero-order valence-corrected chi connectivity index (χ0v) is 23.8. The highest BCUT2D eigenvalue weighted by Crippen LogP contribution is 2.32. The minimum absolute atomic E-state index is 0.0486. The lowest BCUT2D eigenvalue weighted by molar-refractivity contribution is -0.121. The molecule has 1 aliphatic carbocycles. The van der Waals surface area contributed by atoms with E-state index in [1.165, 1.54) is 30.4 Å². The van der Waals surface area contributed by atoms with Crippen LogP contribution in [0.5, 0.6) is 0 Å². The van der Waals surface area contributed by atoms with E-state index >= 15 is 0 Å². The normalized spacial score (nSPS) is 19.4. The number of nitrogens with zero attached hydrogens (tertiary/aromatic N) is 4. The Morgan fingerprint density at radius 3 is 2.23 bits per heavy atom. The first-order chi connectivity index (χ1) is 19.4. The molecule has 2 saturated heterocycles. The molecule has 1 N–H and O–H groups in total. The van der Waals surface area contributed by atoms with Crippen LogP contribution < -0.4 is 5.32 Å². The molecule has 1 saturated carbocycles. The standard InChI is InChI=1S/C33H41N5O2/c1-23-6-7-28(20-31(23)35-32(39)27-14-16-37(17-15-27)30-4-3-5-30)33(40)38-18-12-26(13-19-38)24-8-10-25(11-9-24)29-21-34-36(2)22-29/h6-11,20-22,26-27,30H,3-5,12-19H2,1-2H3,(H,35,39). The van der Waals surface area contributed by atoms with Crippen molar-refractivity contribution < 1.29 is 9.59 Å². The Hall–Kier alpha value is -3.45. The number of anilines is 1. The van der Waals surface area contributed by atoms with Gasteiger partial charge in [-0.2, -0.15) is 5.10 Å². The number of likely N-dealkylation sites (tertiary alicyclic amines) is 2. The summed E-state index contributed by atoms with van der Waals surface area (Å²) in [5, 5.41) is 7.43. The van der Waals surface area contributed by atoms with Crippen molar-refractivity contribution in [2.45, 2.75) is 63.8 Å². The molecule has 0 radical (unpaired) electrons. The number of aryl methyl sites for hydroxylation is 2. The van der Waals surface area contributed by atoms with Crippen molar-refractivity contribution in [3.8, 4) is 11.1 Å². The molecule has 2 aromatic carbocycles. The number of piperidine rings is 2. The van der Waals surface area contributed by atoms with E-state index in [-0.39, 0.29) is 17.7 Å². The van der Waals surface area contributed by atoms with Gasteiger partial charge in [0.1, 0.15) is 0 Å². The predicted octanol–water partition coefficient (Wildman–Crippen LogP) is 5.62. The molecule has 1 aromatic heterocycles. The first-order valence-corrected chi connectivity index (χ1v) is 15.0. The van der Waals surface area contributed by atoms with Crippen molar-refractivity contribution in [3.05, 3.63) is 71.5 Å². The van der Waals surface area contributed by atoms with Crippen LogP contribution in [0.15, 0.2) is 54.9 Å². The van der Waals surface area contributed by atoms with Crippen LogP contribution in [0.1, 0.15) is 72.3 Å². The number of amides is 2. The van der Waals surface area contributed by atoms with Crippen LogP contribution in [0.2, 0.25) is 0 Å².